The second kappa shape index (κ2) is 6.13. The lowest BCUT2D eigenvalue weighted by Crippen LogP contribution is -2.11. The maximum absolute atomic E-state index is 12.3. The van der Waals surface area contributed by atoms with Crippen molar-refractivity contribution in [3.05, 3.63) is 52.0 Å². The molecule has 0 bridgehead atoms. The molecule has 2 rings (SSSR count). The second-order valence-corrected chi connectivity index (χ2v) is 6.57. The van der Waals surface area contributed by atoms with Crippen LogP contribution in [0.3, 0.4) is 0 Å². The van der Waals surface area contributed by atoms with E-state index in [9.17, 15) is 8.42 Å². The van der Waals surface area contributed by atoms with Crippen molar-refractivity contribution in [1.29, 1.82) is 0 Å². The lowest BCUT2D eigenvalue weighted by Gasteiger charge is -2.10. The summed E-state index contributed by atoms with van der Waals surface area (Å²) in [6.45, 7) is 1.62. The highest BCUT2D eigenvalue weighted by Gasteiger charge is 2.21. The predicted octanol–water partition coefficient (Wildman–Crippen LogP) is 4.08. The summed E-state index contributed by atoms with van der Waals surface area (Å²) in [6.07, 6.45) is 0. The minimum atomic E-state index is -3.99. The van der Waals surface area contributed by atoms with Gasteiger partial charge in [-0.05, 0) is 48.9 Å². The molecule has 0 aliphatic heterocycles. The summed E-state index contributed by atoms with van der Waals surface area (Å²) in [6, 6.07) is 8.97. The zero-order chi connectivity index (χ0) is 15.6. The standard InChI is InChI=1S/C14H12Cl2O4S/c1-9-7-12(15)13(16)8-14(9)21(17,18)20-11-5-3-10(19-2)4-6-11/h3-8H,1-2H3. The van der Waals surface area contributed by atoms with Crippen LogP contribution >= 0.6 is 23.2 Å². The van der Waals surface area contributed by atoms with Crippen molar-refractivity contribution in [2.45, 2.75) is 11.8 Å². The van der Waals surface area contributed by atoms with Gasteiger partial charge in [0.1, 0.15) is 16.4 Å². The van der Waals surface area contributed by atoms with Crippen LogP contribution in [0.5, 0.6) is 11.5 Å². The molecule has 0 saturated heterocycles. The highest BCUT2D eigenvalue weighted by Crippen LogP contribution is 2.30. The van der Waals surface area contributed by atoms with Gasteiger partial charge in [-0.25, -0.2) is 0 Å². The van der Waals surface area contributed by atoms with E-state index in [2.05, 4.69) is 0 Å². The van der Waals surface area contributed by atoms with Crippen LogP contribution in [0.15, 0.2) is 41.3 Å². The summed E-state index contributed by atoms with van der Waals surface area (Å²) in [5.41, 5.74) is 0.456. The maximum Gasteiger partial charge on any atom is 0.339 e. The molecule has 4 nitrogen and oxygen atoms in total. The molecule has 2 aromatic carbocycles. The molecule has 0 heterocycles. The van der Waals surface area contributed by atoms with Gasteiger partial charge in [0, 0.05) is 0 Å². The highest BCUT2D eigenvalue weighted by atomic mass is 35.5. The molecule has 0 fully saturated rings. The van der Waals surface area contributed by atoms with Crippen LogP contribution in [-0.4, -0.2) is 15.5 Å². The summed E-state index contributed by atoms with van der Waals surface area (Å²) >= 11 is 11.7. The molecule has 0 atom stereocenters. The third-order valence-corrected chi connectivity index (χ3v) is 4.87. The summed E-state index contributed by atoms with van der Waals surface area (Å²) in [5, 5.41) is 0.441. The van der Waals surface area contributed by atoms with Crippen molar-refractivity contribution >= 4 is 33.3 Å². The average Bonchev–Trinajstić information content (AvgIpc) is 2.43. The number of rotatable bonds is 4. The molecule has 0 unspecified atom stereocenters. The zero-order valence-corrected chi connectivity index (χ0v) is 13.6. The van der Waals surface area contributed by atoms with E-state index < -0.39 is 10.1 Å². The van der Waals surface area contributed by atoms with Gasteiger partial charge in [-0.3, -0.25) is 0 Å². The van der Waals surface area contributed by atoms with E-state index in [0.717, 1.165) is 0 Å². The van der Waals surface area contributed by atoms with E-state index in [1.165, 1.54) is 31.4 Å². The minimum absolute atomic E-state index is 0.0206. The maximum atomic E-state index is 12.3. The second-order valence-electron chi connectivity index (χ2n) is 4.24. The summed E-state index contributed by atoms with van der Waals surface area (Å²) < 4.78 is 34.6. The number of methoxy groups -OCH3 is 1. The summed E-state index contributed by atoms with van der Waals surface area (Å²) in [7, 11) is -2.47. The Balaban J connectivity index is 2.35. The van der Waals surface area contributed by atoms with Crippen molar-refractivity contribution in [1.82, 2.24) is 0 Å². The van der Waals surface area contributed by atoms with Crippen molar-refractivity contribution in [2.24, 2.45) is 0 Å². The van der Waals surface area contributed by atoms with Crippen LogP contribution in [0.2, 0.25) is 10.0 Å². The van der Waals surface area contributed by atoms with E-state index in [1.807, 2.05) is 0 Å². The van der Waals surface area contributed by atoms with Gasteiger partial charge in [-0.1, -0.05) is 23.2 Å². The number of aryl methyl sites for hydroxylation is 1. The SMILES string of the molecule is COc1ccc(OS(=O)(=O)c2cc(Cl)c(Cl)cc2C)cc1. The van der Waals surface area contributed by atoms with Crippen molar-refractivity contribution in [3.63, 3.8) is 0 Å². The fraction of sp³-hybridized carbons (Fsp3) is 0.143. The Morgan fingerprint density at radius 3 is 2.05 bits per heavy atom. The third-order valence-electron chi connectivity index (χ3n) is 2.75. The molecular formula is C14H12Cl2O4S. The van der Waals surface area contributed by atoms with Crippen LogP contribution in [0, 0.1) is 6.92 Å². The number of ether oxygens (including phenoxy) is 1. The van der Waals surface area contributed by atoms with Crippen molar-refractivity contribution in [3.8, 4) is 11.5 Å². The quantitative estimate of drug-likeness (QED) is 0.782. The molecule has 112 valence electrons. The van der Waals surface area contributed by atoms with Crippen molar-refractivity contribution in [2.75, 3.05) is 7.11 Å². The fourth-order valence-electron chi connectivity index (χ4n) is 1.70. The molecule has 0 spiro atoms. The first-order chi connectivity index (χ1) is 9.83. The van der Waals surface area contributed by atoms with Gasteiger partial charge in [0.25, 0.3) is 0 Å². The van der Waals surface area contributed by atoms with Gasteiger partial charge < -0.3 is 8.92 Å². The van der Waals surface area contributed by atoms with E-state index in [-0.39, 0.29) is 20.7 Å². The third kappa shape index (κ3) is 3.61. The van der Waals surface area contributed by atoms with E-state index in [0.29, 0.717) is 11.3 Å². The van der Waals surface area contributed by atoms with Gasteiger partial charge in [0.15, 0.2) is 0 Å². The molecule has 0 radical (unpaired) electrons. The Bertz CT molecular complexity index is 755. The first kappa shape index (κ1) is 15.9. The van der Waals surface area contributed by atoms with Crippen LogP contribution in [0.25, 0.3) is 0 Å². The van der Waals surface area contributed by atoms with Crippen LogP contribution in [0.1, 0.15) is 5.56 Å². The number of halogens is 2. The molecule has 2 aromatic rings. The van der Waals surface area contributed by atoms with E-state index >= 15 is 0 Å². The Morgan fingerprint density at radius 2 is 1.48 bits per heavy atom. The van der Waals surface area contributed by atoms with Gasteiger partial charge in [0.2, 0.25) is 0 Å². The van der Waals surface area contributed by atoms with Crippen LogP contribution in [0.4, 0.5) is 0 Å². The Morgan fingerprint density at radius 1 is 0.952 bits per heavy atom. The zero-order valence-electron chi connectivity index (χ0n) is 11.3. The average molecular weight is 347 g/mol. The van der Waals surface area contributed by atoms with Gasteiger partial charge in [-0.2, -0.15) is 8.42 Å². The lowest BCUT2D eigenvalue weighted by molar-refractivity contribution is 0.413. The first-order valence-corrected chi connectivity index (χ1v) is 8.04. The normalized spacial score (nSPS) is 11.2. The van der Waals surface area contributed by atoms with Crippen LogP contribution in [-0.2, 0) is 10.1 Å². The molecule has 0 aliphatic rings. The molecule has 21 heavy (non-hydrogen) atoms. The largest absolute Gasteiger partial charge is 0.497 e. The Hall–Kier alpha value is -1.43. The number of hydrogen-bond donors (Lipinski definition) is 0. The first-order valence-electron chi connectivity index (χ1n) is 5.87. The molecule has 0 aliphatic carbocycles. The Labute approximate surface area is 133 Å². The van der Waals surface area contributed by atoms with Gasteiger partial charge in [-0.15, -0.1) is 0 Å². The lowest BCUT2D eigenvalue weighted by atomic mass is 10.2. The molecule has 0 saturated carbocycles. The summed E-state index contributed by atoms with van der Waals surface area (Å²) in [4.78, 5) is -0.0206. The van der Waals surface area contributed by atoms with Crippen molar-refractivity contribution < 1.29 is 17.3 Å². The minimum Gasteiger partial charge on any atom is -0.497 e. The number of hydrogen-bond acceptors (Lipinski definition) is 4. The molecule has 7 heteroatoms. The highest BCUT2D eigenvalue weighted by molar-refractivity contribution is 7.87. The van der Waals surface area contributed by atoms with Gasteiger partial charge in [0.05, 0.1) is 17.2 Å². The predicted molar refractivity (Wildman–Crippen MR) is 82.0 cm³/mol. The molecule has 0 amide bonds. The summed E-state index contributed by atoms with van der Waals surface area (Å²) in [5.74, 6) is 0.784. The van der Waals surface area contributed by atoms with E-state index in [4.69, 9.17) is 32.1 Å². The molecule has 0 N–H and O–H groups in total. The molecule has 0 aromatic heterocycles. The number of benzene rings is 2. The monoisotopic (exact) mass is 346 g/mol. The Kier molecular flexibility index (Phi) is 4.66. The van der Waals surface area contributed by atoms with E-state index in [1.54, 1.807) is 19.1 Å². The topological polar surface area (TPSA) is 52.6 Å². The van der Waals surface area contributed by atoms with Crippen LogP contribution < -0.4 is 8.92 Å². The molecular weight excluding hydrogens is 335 g/mol. The fourth-order valence-corrected chi connectivity index (χ4v) is 3.32. The smallest absolute Gasteiger partial charge is 0.339 e. The van der Waals surface area contributed by atoms with Gasteiger partial charge >= 0.3 is 10.1 Å².